The van der Waals surface area contributed by atoms with Crippen LogP contribution in [0.2, 0.25) is 0 Å². The topological polar surface area (TPSA) is 59.4 Å². The van der Waals surface area contributed by atoms with Gasteiger partial charge in [0.1, 0.15) is 5.84 Å². The van der Waals surface area contributed by atoms with Crippen molar-refractivity contribution < 1.29 is 5.21 Å². The summed E-state index contributed by atoms with van der Waals surface area (Å²) in [4.78, 5) is 2.36. The Labute approximate surface area is 94.4 Å². The molecule has 4 nitrogen and oxygen atoms in total. The fourth-order valence-corrected chi connectivity index (χ4v) is 2.88. The summed E-state index contributed by atoms with van der Waals surface area (Å²) in [6, 6.07) is 10.4. The Balaban J connectivity index is 1.65. The van der Waals surface area contributed by atoms with Gasteiger partial charge in [-0.15, -0.1) is 0 Å². The van der Waals surface area contributed by atoms with Gasteiger partial charge >= 0.3 is 0 Å². The molecule has 1 aromatic rings. The molecule has 0 bridgehead atoms. The molecule has 0 aromatic heterocycles. The zero-order chi connectivity index (χ0) is 11.1. The van der Waals surface area contributed by atoms with Crippen LogP contribution in [0.5, 0.6) is 0 Å². The Morgan fingerprint density at radius 3 is 2.44 bits per heavy atom. The van der Waals surface area contributed by atoms with Crippen molar-refractivity contribution in [2.75, 3.05) is 18.0 Å². The van der Waals surface area contributed by atoms with Gasteiger partial charge < -0.3 is 4.90 Å². The van der Waals surface area contributed by atoms with Crippen molar-refractivity contribution >= 4 is 11.5 Å². The van der Waals surface area contributed by atoms with Crippen molar-refractivity contribution in [2.45, 2.75) is 0 Å². The smallest absolute Gasteiger partial charge is 0.121 e. The van der Waals surface area contributed by atoms with Gasteiger partial charge in [-0.3, -0.25) is 16.1 Å². The predicted octanol–water partition coefficient (Wildman–Crippen LogP) is 1.32. The van der Waals surface area contributed by atoms with E-state index in [0.29, 0.717) is 11.8 Å². The molecule has 3 rings (SSSR count). The van der Waals surface area contributed by atoms with E-state index in [1.807, 2.05) is 23.7 Å². The minimum absolute atomic E-state index is 0.255. The largest absolute Gasteiger partial charge is 0.371 e. The van der Waals surface area contributed by atoms with Gasteiger partial charge in [-0.1, -0.05) is 18.2 Å². The zero-order valence-corrected chi connectivity index (χ0v) is 8.93. The molecule has 1 saturated carbocycles. The maximum atomic E-state index is 8.70. The summed E-state index contributed by atoms with van der Waals surface area (Å²) < 4.78 is 0. The van der Waals surface area contributed by atoms with Crippen molar-refractivity contribution in [1.29, 1.82) is 5.41 Å². The Kier molecular flexibility index (Phi) is 2.11. The number of fused-ring (bicyclic) bond motifs is 1. The van der Waals surface area contributed by atoms with E-state index in [0.717, 1.165) is 13.1 Å². The summed E-state index contributed by atoms with van der Waals surface area (Å²) in [5, 5.41) is 16.2. The van der Waals surface area contributed by atoms with Gasteiger partial charge in [0, 0.05) is 24.7 Å². The number of nitrogens with zero attached hydrogens (tertiary/aromatic N) is 1. The molecule has 0 radical (unpaired) electrons. The van der Waals surface area contributed by atoms with Crippen LogP contribution >= 0.6 is 0 Å². The number of piperidine rings is 1. The average Bonchev–Trinajstić information content (AvgIpc) is 2.84. The van der Waals surface area contributed by atoms with Crippen LogP contribution in [0, 0.1) is 23.2 Å². The van der Waals surface area contributed by atoms with Gasteiger partial charge in [0.15, 0.2) is 0 Å². The van der Waals surface area contributed by atoms with E-state index >= 15 is 0 Å². The van der Waals surface area contributed by atoms with Crippen LogP contribution in [0.4, 0.5) is 5.69 Å². The molecule has 1 aliphatic carbocycles. The molecular weight excluding hydrogens is 202 g/mol. The lowest BCUT2D eigenvalue weighted by atomic mass is 10.2. The molecule has 16 heavy (non-hydrogen) atoms. The second-order valence-corrected chi connectivity index (χ2v) is 4.62. The van der Waals surface area contributed by atoms with E-state index in [1.54, 1.807) is 0 Å². The van der Waals surface area contributed by atoms with Crippen LogP contribution in [0.1, 0.15) is 0 Å². The lowest BCUT2D eigenvalue weighted by Gasteiger charge is -2.21. The highest BCUT2D eigenvalue weighted by Crippen LogP contribution is 2.52. The maximum absolute atomic E-state index is 8.70. The molecule has 1 heterocycles. The van der Waals surface area contributed by atoms with Crippen molar-refractivity contribution in [3.8, 4) is 0 Å². The number of hydroxylamine groups is 1. The number of hydrogen-bond acceptors (Lipinski definition) is 3. The number of hydrogen-bond donors (Lipinski definition) is 3. The molecule has 2 aliphatic rings. The van der Waals surface area contributed by atoms with E-state index < -0.39 is 0 Å². The Morgan fingerprint density at radius 2 is 1.88 bits per heavy atom. The zero-order valence-electron chi connectivity index (χ0n) is 8.93. The standard InChI is InChI=1S/C12H15N3O/c13-12(14-16)11-9-6-15(7-10(9)11)8-4-2-1-3-5-8/h1-5,9-11,16H,6-7H2,(H2,13,14)/t9-,10+,11-. The molecule has 2 fully saturated rings. The number of amidine groups is 1. The highest BCUT2D eigenvalue weighted by molar-refractivity contribution is 5.84. The summed E-state index contributed by atoms with van der Waals surface area (Å²) in [6.45, 7) is 2.01. The Bertz CT molecular complexity index is 394. The van der Waals surface area contributed by atoms with Gasteiger partial charge in [0.25, 0.3) is 0 Å². The molecule has 3 atom stereocenters. The summed E-state index contributed by atoms with van der Waals surface area (Å²) in [5.41, 5.74) is 3.24. The summed E-state index contributed by atoms with van der Waals surface area (Å²) >= 11 is 0. The van der Waals surface area contributed by atoms with Gasteiger partial charge in [-0.05, 0) is 24.0 Å². The number of rotatable bonds is 2. The first-order chi connectivity index (χ1) is 7.81. The quantitative estimate of drug-likeness (QED) is 0.398. The van der Waals surface area contributed by atoms with Crippen molar-refractivity contribution in [3.63, 3.8) is 0 Å². The molecule has 0 amide bonds. The molecule has 1 aromatic carbocycles. The molecule has 3 N–H and O–H groups in total. The van der Waals surface area contributed by atoms with Gasteiger partial charge in [0.2, 0.25) is 0 Å². The van der Waals surface area contributed by atoms with Gasteiger partial charge in [-0.25, -0.2) is 0 Å². The number of nitrogens with one attached hydrogen (secondary N) is 2. The van der Waals surface area contributed by atoms with E-state index in [9.17, 15) is 0 Å². The van der Waals surface area contributed by atoms with Crippen LogP contribution in [0.15, 0.2) is 30.3 Å². The van der Waals surface area contributed by atoms with Crippen molar-refractivity contribution in [3.05, 3.63) is 30.3 Å². The van der Waals surface area contributed by atoms with Crippen LogP contribution < -0.4 is 10.4 Å². The lowest BCUT2D eigenvalue weighted by molar-refractivity contribution is 0.228. The van der Waals surface area contributed by atoms with E-state index in [-0.39, 0.29) is 11.8 Å². The van der Waals surface area contributed by atoms with E-state index in [2.05, 4.69) is 17.0 Å². The molecule has 0 unspecified atom stereocenters. The predicted molar refractivity (Wildman–Crippen MR) is 61.8 cm³/mol. The number of benzene rings is 1. The Morgan fingerprint density at radius 1 is 1.25 bits per heavy atom. The first kappa shape index (κ1) is 9.66. The van der Waals surface area contributed by atoms with Crippen LogP contribution in [-0.4, -0.2) is 24.1 Å². The van der Waals surface area contributed by atoms with Crippen LogP contribution in [-0.2, 0) is 0 Å². The lowest BCUT2D eigenvalue weighted by Crippen LogP contribution is -2.29. The first-order valence-corrected chi connectivity index (χ1v) is 5.60. The molecule has 1 saturated heterocycles. The highest BCUT2D eigenvalue weighted by Gasteiger charge is 2.57. The second-order valence-electron chi connectivity index (χ2n) is 4.62. The third-order valence-corrected chi connectivity index (χ3v) is 3.77. The summed E-state index contributed by atoms with van der Waals surface area (Å²) in [7, 11) is 0. The normalized spacial score (nSPS) is 31.1. The molecule has 1 aliphatic heterocycles. The fraction of sp³-hybridized carbons (Fsp3) is 0.417. The third-order valence-electron chi connectivity index (χ3n) is 3.77. The molecule has 84 valence electrons. The molecule has 0 spiro atoms. The fourth-order valence-electron chi connectivity index (χ4n) is 2.88. The second kappa shape index (κ2) is 3.49. The van der Waals surface area contributed by atoms with E-state index in [1.165, 1.54) is 5.69 Å². The minimum atomic E-state index is 0.255. The van der Waals surface area contributed by atoms with E-state index in [4.69, 9.17) is 10.6 Å². The van der Waals surface area contributed by atoms with Crippen LogP contribution in [0.3, 0.4) is 0 Å². The van der Waals surface area contributed by atoms with Gasteiger partial charge in [-0.2, -0.15) is 0 Å². The average molecular weight is 217 g/mol. The summed E-state index contributed by atoms with van der Waals surface area (Å²) in [5.74, 6) is 1.63. The first-order valence-electron chi connectivity index (χ1n) is 5.60. The maximum Gasteiger partial charge on any atom is 0.121 e. The van der Waals surface area contributed by atoms with Crippen LogP contribution in [0.25, 0.3) is 0 Å². The third kappa shape index (κ3) is 1.38. The highest BCUT2D eigenvalue weighted by atomic mass is 16.5. The molecular formula is C12H15N3O. The SMILES string of the molecule is N=C(NO)[C@@H]1[C@@H]2CN(c3ccccc3)C[C@@H]21. The number of anilines is 1. The summed E-state index contributed by atoms with van der Waals surface area (Å²) in [6.07, 6.45) is 0. The van der Waals surface area contributed by atoms with Crippen molar-refractivity contribution in [1.82, 2.24) is 5.48 Å². The molecule has 4 heteroatoms. The minimum Gasteiger partial charge on any atom is -0.371 e. The monoisotopic (exact) mass is 217 g/mol. The van der Waals surface area contributed by atoms with Crippen molar-refractivity contribution in [2.24, 2.45) is 17.8 Å². The van der Waals surface area contributed by atoms with Gasteiger partial charge in [0.05, 0.1) is 0 Å². The number of para-hydroxylation sites is 1. The Hall–Kier alpha value is -1.55.